The van der Waals surface area contributed by atoms with Crippen LogP contribution in [0.4, 0.5) is 0 Å². The predicted molar refractivity (Wildman–Crippen MR) is 125 cm³/mol. The molecule has 0 bridgehead atoms. The van der Waals surface area contributed by atoms with E-state index in [2.05, 4.69) is 41.3 Å². The topological polar surface area (TPSA) is 63.2 Å². The van der Waals surface area contributed by atoms with Crippen LogP contribution in [-0.2, 0) is 4.79 Å². The first-order valence-electron chi connectivity index (χ1n) is 10.2. The maximum atomic E-state index is 12.1. The monoisotopic (exact) mass is 496 g/mol. The summed E-state index contributed by atoms with van der Waals surface area (Å²) in [5.74, 6) is 1.53. The normalized spacial score (nSPS) is 17.1. The third-order valence-corrected chi connectivity index (χ3v) is 4.82. The van der Waals surface area contributed by atoms with Crippen molar-refractivity contribution in [2.24, 2.45) is 10.9 Å². The van der Waals surface area contributed by atoms with Crippen LogP contribution in [0.1, 0.15) is 34.1 Å². The van der Waals surface area contributed by atoms with Crippen molar-refractivity contribution in [3.63, 3.8) is 0 Å². The number of guanidine groups is 1. The molecule has 7 nitrogen and oxygen atoms in total. The van der Waals surface area contributed by atoms with Crippen molar-refractivity contribution in [3.8, 4) is 0 Å². The third kappa shape index (κ3) is 11.1. The molecule has 0 aromatic carbocycles. The third-order valence-electron chi connectivity index (χ3n) is 4.82. The quantitative estimate of drug-likeness (QED) is 0.271. The lowest BCUT2D eigenvalue weighted by Crippen LogP contribution is -2.46. The van der Waals surface area contributed by atoms with Crippen LogP contribution in [0, 0.1) is 5.92 Å². The zero-order chi connectivity index (χ0) is 19.4. The molecular formula is C19H41IN6O. The van der Waals surface area contributed by atoms with E-state index in [-0.39, 0.29) is 29.9 Å². The fraction of sp³-hybridized carbons (Fsp3) is 0.895. The largest absolute Gasteiger partial charge is 0.357 e. The lowest BCUT2D eigenvalue weighted by Gasteiger charge is -2.33. The van der Waals surface area contributed by atoms with E-state index in [1.54, 1.807) is 0 Å². The number of nitrogens with one attached hydrogen (secondary N) is 2. The number of nitrogens with zero attached hydrogens (tertiary/aromatic N) is 4. The van der Waals surface area contributed by atoms with Crippen molar-refractivity contribution in [1.82, 2.24) is 25.3 Å². The van der Waals surface area contributed by atoms with Crippen molar-refractivity contribution in [1.29, 1.82) is 0 Å². The Kier molecular flexibility index (Phi) is 15.0. The summed E-state index contributed by atoms with van der Waals surface area (Å²) >= 11 is 0. The Hall–Kier alpha value is -0.610. The number of hydrogen-bond acceptors (Lipinski definition) is 4. The van der Waals surface area contributed by atoms with Gasteiger partial charge < -0.3 is 25.3 Å². The number of amides is 1. The van der Waals surface area contributed by atoms with Gasteiger partial charge in [0, 0.05) is 71.9 Å². The summed E-state index contributed by atoms with van der Waals surface area (Å²) in [7, 11) is 2.18. The molecule has 0 radical (unpaired) electrons. The second-order valence-electron chi connectivity index (χ2n) is 7.17. The Labute approximate surface area is 183 Å². The molecule has 1 heterocycles. The smallest absolute Gasteiger partial charge is 0.224 e. The first-order chi connectivity index (χ1) is 12.5. The average Bonchev–Trinajstić information content (AvgIpc) is 2.62. The highest BCUT2D eigenvalue weighted by Gasteiger charge is 2.16. The molecule has 27 heavy (non-hydrogen) atoms. The number of likely N-dealkylation sites (N-methyl/N-ethyl adjacent to an activating group) is 1. The zero-order valence-corrected chi connectivity index (χ0v) is 20.3. The number of piperazine rings is 1. The van der Waals surface area contributed by atoms with Gasteiger partial charge in [-0.25, -0.2) is 0 Å². The van der Waals surface area contributed by atoms with Gasteiger partial charge in [0.2, 0.25) is 5.91 Å². The average molecular weight is 496 g/mol. The number of carbonyl (C=O) groups excluding carboxylic acids is 1. The molecule has 0 aliphatic carbocycles. The Morgan fingerprint density at radius 1 is 1.11 bits per heavy atom. The molecule has 1 amide bonds. The van der Waals surface area contributed by atoms with Crippen LogP contribution in [0.5, 0.6) is 0 Å². The summed E-state index contributed by atoms with van der Waals surface area (Å²) in [5.41, 5.74) is 0. The summed E-state index contributed by atoms with van der Waals surface area (Å²) < 4.78 is 0. The molecule has 1 aliphatic rings. The minimum atomic E-state index is 0. The first-order valence-corrected chi connectivity index (χ1v) is 10.2. The van der Waals surface area contributed by atoms with Crippen molar-refractivity contribution < 1.29 is 4.79 Å². The Balaban J connectivity index is 0.00000676. The highest BCUT2D eigenvalue weighted by molar-refractivity contribution is 14.0. The lowest BCUT2D eigenvalue weighted by molar-refractivity contribution is -0.130. The van der Waals surface area contributed by atoms with Gasteiger partial charge in [-0.3, -0.25) is 9.79 Å². The van der Waals surface area contributed by atoms with Crippen molar-refractivity contribution >= 4 is 35.8 Å². The second-order valence-corrected chi connectivity index (χ2v) is 7.17. The summed E-state index contributed by atoms with van der Waals surface area (Å²) in [6.45, 7) is 17.8. The summed E-state index contributed by atoms with van der Waals surface area (Å²) in [5, 5.41) is 6.56. The van der Waals surface area contributed by atoms with Crippen LogP contribution >= 0.6 is 24.0 Å². The molecule has 1 rings (SSSR count). The fourth-order valence-corrected chi connectivity index (χ4v) is 3.14. The highest BCUT2D eigenvalue weighted by atomic mass is 127. The predicted octanol–water partition coefficient (Wildman–Crippen LogP) is 1.30. The van der Waals surface area contributed by atoms with E-state index in [1.165, 1.54) is 0 Å². The van der Waals surface area contributed by atoms with Crippen LogP contribution in [0.3, 0.4) is 0 Å². The molecule has 1 unspecified atom stereocenters. The molecule has 1 atom stereocenters. The van der Waals surface area contributed by atoms with E-state index in [4.69, 9.17) is 4.99 Å². The molecule has 0 aromatic heterocycles. The molecule has 8 heteroatoms. The summed E-state index contributed by atoms with van der Waals surface area (Å²) in [6.07, 6.45) is 0.503. The van der Waals surface area contributed by atoms with Gasteiger partial charge in [0.25, 0.3) is 0 Å². The van der Waals surface area contributed by atoms with Crippen LogP contribution in [-0.4, -0.2) is 99.1 Å². The van der Waals surface area contributed by atoms with E-state index in [0.717, 1.165) is 64.9 Å². The molecule has 0 saturated carbocycles. The molecule has 2 N–H and O–H groups in total. The van der Waals surface area contributed by atoms with Crippen molar-refractivity contribution in [2.45, 2.75) is 34.1 Å². The molecule has 0 spiro atoms. The molecule has 1 fully saturated rings. The lowest BCUT2D eigenvalue weighted by atomic mass is 10.1. The second kappa shape index (κ2) is 15.3. The number of rotatable bonds is 10. The van der Waals surface area contributed by atoms with E-state index >= 15 is 0 Å². The van der Waals surface area contributed by atoms with Gasteiger partial charge in [-0.15, -0.1) is 24.0 Å². The molecule has 1 aliphatic heterocycles. The van der Waals surface area contributed by atoms with Gasteiger partial charge in [-0.05, 0) is 33.7 Å². The highest BCUT2D eigenvalue weighted by Crippen LogP contribution is 2.05. The minimum absolute atomic E-state index is 0. The first kappa shape index (κ1) is 26.4. The molecule has 160 valence electrons. The van der Waals surface area contributed by atoms with E-state index in [9.17, 15) is 4.79 Å². The van der Waals surface area contributed by atoms with E-state index < -0.39 is 0 Å². The van der Waals surface area contributed by atoms with Gasteiger partial charge in [-0.2, -0.15) is 0 Å². The van der Waals surface area contributed by atoms with Crippen molar-refractivity contribution in [3.05, 3.63) is 0 Å². The Bertz CT molecular complexity index is 422. The fourth-order valence-electron chi connectivity index (χ4n) is 3.14. The maximum Gasteiger partial charge on any atom is 0.224 e. The minimum Gasteiger partial charge on any atom is -0.357 e. The number of carbonyl (C=O) groups is 1. The molecule has 0 aromatic rings. The van der Waals surface area contributed by atoms with Crippen LogP contribution in [0.25, 0.3) is 0 Å². The Morgan fingerprint density at radius 3 is 2.30 bits per heavy atom. The van der Waals surface area contributed by atoms with Gasteiger partial charge in [0.05, 0.1) is 0 Å². The van der Waals surface area contributed by atoms with E-state index in [0.29, 0.717) is 18.9 Å². The number of halogens is 1. The number of aliphatic imine (C=N–C) groups is 1. The van der Waals surface area contributed by atoms with E-state index in [1.807, 2.05) is 18.7 Å². The summed E-state index contributed by atoms with van der Waals surface area (Å²) in [4.78, 5) is 23.6. The standard InChI is InChI=1S/C19H40N6O.HI/c1-6-20-19(21-10-9-18(26)25(7-2)8-3)22-15-17(4)16-24-13-11-23(5)12-14-24;/h17H,6-16H2,1-5H3,(H2,20,21,22);1H. The van der Waals surface area contributed by atoms with Crippen LogP contribution in [0.2, 0.25) is 0 Å². The zero-order valence-electron chi connectivity index (χ0n) is 18.0. The maximum absolute atomic E-state index is 12.1. The van der Waals surface area contributed by atoms with Gasteiger partial charge >= 0.3 is 0 Å². The van der Waals surface area contributed by atoms with Gasteiger partial charge in [-0.1, -0.05) is 6.92 Å². The SMILES string of the molecule is CCNC(=NCC(C)CN1CCN(C)CC1)NCCC(=O)N(CC)CC.I. The van der Waals surface area contributed by atoms with Gasteiger partial charge in [0.1, 0.15) is 0 Å². The molecular weight excluding hydrogens is 455 g/mol. The van der Waals surface area contributed by atoms with Crippen molar-refractivity contribution in [2.75, 3.05) is 72.5 Å². The Morgan fingerprint density at radius 2 is 1.74 bits per heavy atom. The summed E-state index contributed by atoms with van der Waals surface area (Å²) in [6, 6.07) is 0. The van der Waals surface area contributed by atoms with Crippen LogP contribution in [0.15, 0.2) is 4.99 Å². The molecule has 1 saturated heterocycles. The van der Waals surface area contributed by atoms with Gasteiger partial charge in [0.15, 0.2) is 5.96 Å². The number of hydrogen-bond donors (Lipinski definition) is 2. The van der Waals surface area contributed by atoms with Crippen LogP contribution < -0.4 is 10.6 Å².